The van der Waals surface area contributed by atoms with E-state index in [-0.39, 0.29) is 0 Å². The third kappa shape index (κ3) is 4.32. The molecule has 110 valence electrons. The van der Waals surface area contributed by atoms with E-state index in [1.165, 1.54) is 56.1 Å². The van der Waals surface area contributed by atoms with Gasteiger partial charge in [-0.3, -0.25) is 0 Å². The lowest BCUT2D eigenvalue weighted by molar-refractivity contribution is 0.0302. The standard InChI is InChI=1S/C18H27NO/c1-2-7-18(8-3-1)20-12-11-19-14-15-5-4-6-17(13-15)16-9-10-16/h4-6,13,16,18-19H,1-3,7-12,14H2. The Labute approximate surface area is 122 Å². The maximum atomic E-state index is 5.93. The van der Waals surface area contributed by atoms with Gasteiger partial charge in [0.05, 0.1) is 12.7 Å². The predicted octanol–water partition coefficient (Wildman–Crippen LogP) is 4.00. The summed E-state index contributed by atoms with van der Waals surface area (Å²) in [6, 6.07) is 9.06. The first-order valence-corrected chi connectivity index (χ1v) is 8.33. The van der Waals surface area contributed by atoms with Crippen molar-refractivity contribution < 1.29 is 4.74 Å². The summed E-state index contributed by atoms with van der Waals surface area (Å²) in [5, 5.41) is 3.50. The molecule has 0 aliphatic heterocycles. The molecular weight excluding hydrogens is 246 g/mol. The molecule has 20 heavy (non-hydrogen) atoms. The summed E-state index contributed by atoms with van der Waals surface area (Å²) in [6.45, 7) is 2.78. The number of benzene rings is 1. The van der Waals surface area contributed by atoms with E-state index in [0.717, 1.165) is 25.6 Å². The van der Waals surface area contributed by atoms with Crippen LogP contribution in [0.15, 0.2) is 24.3 Å². The van der Waals surface area contributed by atoms with Crippen molar-refractivity contribution in [3.63, 3.8) is 0 Å². The normalized spacial score (nSPS) is 20.2. The van der Waals surface area contributed by atoms with Crippen molar-refractivity contribution in [1.29, 1.82) is 0 Å². The number of hydrogen-bond donors (Lipinski definition) is 1. The zero-order chi connectivity index (χ0) is 13.6. The van der Waals surface area contributed by atoms with Crippen molar-refractivity contribution in [2.45, 2.75) is 63.5 Å². The molecule has 1 aromatic rings. The van der Waals surface area contributed by atoms with Gasteiger partial charge in [0.25, 0.3) is 0 Å². The van der Waals surface area contributed by atoms with Gasteiger partial charge in [0, 0.05) is 13.1 Å². The van der Waals surface area contributed by atoms with Gasteiger partial charge in [-0.05, 0) is 42.7 Å². The molecule has 0 amide bonds. The molecule has 0 aromatic heterocycles. The number of nitrogens with one attached hydrogen (secondary N) is 1. The highest BCUT2D eigenvalue weighted by molar-refractivity contribution is 5.29. The van der Waals surface area contributed by atoms with Crippen molar-refractivity contribution in [3.8, 4) is 0 Å². The highest BCUT2D eigenvalue weighted by Crippen LogP contribution is 2.40. The molecule has 0 radical (unpaired) electrons. The zero-order valence-corrected chi connectivity index (χ0v) is 12.4. The van der Waals surface area contributed by atoms with Crippen molar-refractivity contribution in [2.24, 2.45) is 0 Å². The van der Waals surface area contributed by atoms with Crippen LogP contribution in [0, 0.1) is 0 Å². The fourth-order valence-corrected chi connectivity index (χ4v) is 3.14. The molecule has 2 aliphatic carbocycles. The average molecular weight is 273 g/mol. The van der Waals surface area contributed by atoms with Crippen LogP contribution in [-0.4, -0.2) is 19.3 Å². The molecule has 2 aliphatic rings. The lowest BCUT2D eigenvalue weighted by atomic mass is 9.98. The molecule has 2 nitrogen and oxygen atoms in total. The van der Waals surface area contributed by atoms with Gasteiger partial charge in [-0.1, -0.05) is 43.5 Å². The second-order valence-corrected chi connectivity index (χ2v) is 6.33. The minimum atomic E-state index is 0.531. The van der Waals surface area contributed by atoms with Crippen LogP contribution in [-0.2, 0) is 11.3 Å². The first-order chi connectivity index (χ1) is 9.92. The Morgan fingerprint density at radius 1 is 1.05 bits per heavy atom. The minimum Gasteiger partial charge on any atom is -0.377 e. The summed E-state index contributed by atoms with van der Waals surface area (Å²) in [5.74, 6) is 0.851. The Balaban J connectivity index is 1.32. The molecule has 0 unspecified atom stereocenters. The third-order valence-electron chi connectivity index (χ3n) is 4.51. The number of hydrogen-bond acceptors (Lipinski definition) is 2. The van der Waals surface area contributed by atoms with Crippen LogP contribution in [0.1, 0.15) is 62.0 Å². The fourth-order valence-electron chi connectivity index (χ4n) is 3.14. The Morgan fingerprint density at radius 2 is 1.90 bits per heavy atom. The van der Waals surface area contributed by atoms with Gasteiger partial charge in [0.15, 0.2) is 0 Å². The van der Waals surface area contributed by atoms with Crippen molar-refractivity contribution in [2.75, 3.05) is 13.2 Å². The van der Waals surface area contributed by atoms with Crippen molar-refractivity contribution >= 4 is 0 Å². The van der Waals surface area contributed by atoms with Crippen LogP contribution in [0.4, 0.5) is 0 Å². The molecule has 0 bridgehead atoms. The minimum absolute atomic E-state index is 0.531. The van der Waals surface area contributed by atoms with Gasteiger partial charge in [0.2, 0.25) is 0 Å². The summed E-state index contributed by atoms with van der Waals surface area (Å²) in [7, 11) is 0. The summed E-state index contributed by atoms with van der Waals surface area (Å²) in [4.78, 5) is 0. The highest BCUT2D eigenvalue weighted by atomic mass is 16.5. The maximum Gasteiger partial charge on any atom is 0.0594 e. The monoisotopic (exact) mass is 273 g/mol. The summed E-state index contributed by atoms with van der Waals surface area (Å²) < 4.78 is 5.93. The van der Waals surface area contributed by atoms with Crippen LogP contribution in [0.2, 0.25) is 0 Å². The van der Waals surface area contributed by atoms with Gasteiger partial charge in [0.1, 0.15) is 0 Å². The van der Waals surface area contributed by atoms with Crippen molar-refractivity contribution in [3.05, 3.63) is 35.4 Å². The molecule has 1 N–H and O–H groups in total. The maximum absolute atomic E-state index is 5.93. The first-order valence-electron chi connectivity index (χ1n) is 8.33. The largest absolute Gasteiger partial charge is 0.377 e. The molecule has 1 aromatic carbocycles. The lowest BCUT2D eigenvalue weighted by Crippen LogP contribution is -2.24. The van der Waals surface area contributed by atoms with Gasteiger partial charge < -0.3 is 10.1 Å². The Bertz CT molecular complexity index is 408. The van der Waals surface area contributed by atoms with Gasteiger partial charge in [-0.25, -0.2) is 0 Å². The van der Waals surface area contributed by atoms with E-state index in [1.807, 2.05) is 0 Å². The van der Waals surface area contributed by atoms with Crippen LogP contribution in [0.3, 0.4) is 0 Å². The molecule has 2 heteroatoms. The molecule has 0 atom stereocenters. The Kier molecular flexibility index (Phi) is 5.10. The predicted molar refractivity (Wildman–Crippen MR) is 82.9 cm³/mol. The Morgan fingerprint density at radius 3 is 2.70 bits per heavy atom. The van der Waals surface area contributed by atoms with E-state index < -0.39 is 0 Å². The SMILES string of the molecule is c1cc(CNCCOC2CCCCC2)cc(C2CC2)c1. The van der Waals surface area contributed by atoms with E-state index in [2.05, 4.69) is 29.6 Å². The quantitative estimate of drug-likeness (QED) is 0.758. The van der Waals surface area contributed by atoms with Gasteiger partial charge in [-0.15, -0.1) is 0 Å². The highest BCUT2D eigenvalue weighted by Gasteiger charge is 2.23. The second-order valence-electron chi connectivity index (χ2n) is 6.33. The lowest BCUT2D eigenvalue weighted by Gasteiger charge is -2.22. The van der Waals surface area contributed by atoms with E-state index in [4.69, 9.17) is 4.74 Å². The van der Waals surface area contributed by atoms with E-state index in [0.29, 0.717) is 6.10 Å². The topological polar surface area (TPSA) is 21.3 Å². The van der Waals surface area contributed by atoms with E-state index >= 15 is 0 Å². The fraction of sp³-hybridized carbons (Fsp3) is 0.667. The molecule has 3 rings (SSSR count). The summed E-state index contributed by atoms with van der Waals surface area (Å²) >= 11 is 0. The molecular formula is C18H27NO. The van der Waals surface area contributed by atoms with E-state index in [9.17, 15) is 0 Å². The molecule has 2 fully saturated rings. The number of ether oxygens (including phenoxy) is 1. The number of rotatable bonds is 7. The van der Waals surface area contributed by atoms with Crippen LogP contribution in [0.25, 0.3) is 0 Å². The summed E-state index contributed by atoms with van der Waals surface area (Å²) in [6.07, 6.45) is 9.93. The van der Waals surface area contributed by atoms with Crippen LogP contribution < -0.4 is 5.32 Å². The second kappa shape index (κ2) is 7.24. The van der Waals surface area contributed by atoms with E-state index in [1.54, 1.807) is 0 Å². The van der Waals surface area contributed by atoms with Crippen LogP contribution >= 0.6 is 0 Å². The van der Waals surface area contributed by atoms with Crippen LogP contribution in [0.5, 0.6) is 0 Å². The first kappa shape index (κ1) is 14.1. The zero-order valence-electron chi connectivity index (χ0n) is 12.4. The Hall–Kier alpha value is -0.860. The molecule has 0 spiro atoms. The van der Waals surface area contributed by atoms with Crippen molar-refractivity contribution in [1.82, 2.24) is 5.32 Å². The van der Waals surface area contributed by atoms with Gasteiger partial charge in [-0.2, -0.15) is 0 Å². The average Bonchev–Trinajstić information content (AvgIpc) is 3.33. The third-order valence-corrected chi connectivity index (χ3v) is 4.51. The molecule has 0 heterocycles. The molecule has 2 saturated carbocycles. The smallest absolute Gasteiger partial charge is 0.0594 e. The molecule has 0 saturated heterocycles. The van der Waals surface area contributed by atoms with Gasteiger partial charge >= 0.3 is 0 Å². The summed E-state index contributed by atoms with van der Waals surface area (Å²) in [5.41, 5.74) is 2.94.